The van der Waals surface area contributed by atoms with Gasteiger partial charge in [-0.15, -0.1) is 0 Å². The van der Waals surface area contributed by atoms with E-state index >= 15 is 0 Å². The van der Waals surface area contributed by atoms with E-state index < -0.39 is 21.7 Å². The molecule has 1 saturated carbocycles. The van der Waals surface area contributed by atoms with Gasteiger partial charge in [0, 0.05) is 13.1 Å². The zero-order valence-corrected chi connectivity index (χ0v) is 11.4. The lowest BCUT2D eigenvalue weighted by Crippen LogP contribution is -2.57. The molecule has 100 valence electrons. The Morgan fingerprint density at radius 2 is 1.94 bits per heavy atom. The summed E-state index contributed by atoms with van der Waals surface area (Å²) in [5, 5.41) is 9.18. The highest BCUT2D eigenvalue weighted by atomic mass is 32.2. The van der Waals surface area contributed by atoms with Crippen LogP contribution in [0.2, 0.25) is 0 Å². The maximum Gasteiger partial charge on any atom is 0.324 e. The molecule has 0 aromatic heterocycles. The average Bonchev–Trinajstić information content (AvgIpc) is 2.98. The summed E-state index contributed by atoms with van der Waals surface area (Å²) in [4.78, 5) is 11.2. The van der Waals surface area contributed by atoms with Crippen molar-refractivity contribution in [1.82, 2.24) is 9.03 Å². The molecule has 0 saturated heterocycles. The standard InChI is InChI=1S/C10H20N2O4S/c1-7(2)12(4)17(15,16)11-10(3,9(13)14)8-5-6-8/h7-8,11H,5-6H2,1-4H3,(H,13,14). The molecule has 0 aliphatic heterocycles. The topological polar surface area (TPSA) is 86.7 Å². The third kappa shape index (κ3) is 2.97. The second-order valence-electron chi connectivity index (χ2n) is 5.00. The lowest BCUT2D eigenvalue weighted by molar-refractivity contribution is -0.144. The maximum atomic E-state index is 12.0. The maximum absolute atomic E-state index is 12.0. The van der Waals surface area contributed by atoms with E-state index in [1.165, 1.54) is 14.0 Å². The van der Waals surface area contributed by atoms with Crippen LogP contribution in [0, 0.1) is 5.92 Å². The van der Waals surface area contributed by atoms with Crippen molar-refractivity contribution in [2.75, 3.05) is 7.05 Å². The molecule has 2 N–H and O–H groups in total. The molecule has 0 radical (unpaired) electrons. The van der Waals surface area contributed by atoms with Gasteiger partial charge in [-0.2, -0.15) is 17.4 Å². The molecule has 17 heavy (non-hydrogen) atoms. The van der Waals surface area contributed by atoms with Crippen LogP contribution in [0.25, 0.3) is 0 Å². The molecule has 7 heteroatoms. The van der Waals surface area contributed by atoms with Crippen LogP contribution in [0.3, 0.4) is 0 Å². The Morgan fingerprint density at radius 3 is 2.24 bits per heavy atom. The van der Waals surface area contributed by atoms with Gasteiger partial charge in [0.1, 0.15) is 5.54 Å². The van der Waals surface area contributed by atoms with Crippen LogP contribution in [-0.2, 0) is 15.0 Å². The molecule has 1 atom stereocenters. The molecule has 1 fully saturated rings. The molecular weight excluding hydrogens is 244 g/mol. The summed E-state index contributed by atoms with van der Waals surface area (Å²) in [5.74, 6) is -1.24. The van der Waals surface area contributed by atoms with Crippen molar-refractivity contribution >= 4 is 16.2 Å². The summed E-state index contributed by atoms with van der Waals surface area (Å²) in [6, 6.07) is -0.218. The van der Waals surface area contributed by atoms with E-state index in [0.717, 1.165) is 17.1 Å². The lowest BCUT2D eigenvalue weighted by Gasteiger charge is -2.30. The van der Waals surface area contributed by atoms with Crippen LogP contribution in [0.4, 0.5) is 0 Å². The van der Waals surface area contributed by atoms with E-state index in [9.17, 15) is 18.3 Å². The summed E-state index contributed by atoms with van der Waals surface area (Å²) >= 11 is 0. The van der Waals surface area contributed by atoms with Gasteiger partial charge in [-0.3, -0.25) is 4.79 Å². The van der Waals surface area contributed by atoms with Crippen molar-refractivity contribution in [2.24, 2.45) is 5.92 Å². The normalized spacial score (nSPS) is 20.6. The van der Waals surface area contributed by atoms with E-state index in [1.807, 2.05) is 0 Å². The number of hydrogen-bond donors (Lipinski definition) is 2. The third-order valence-corrected chi connectivity index (χ3v) is 5.15. The SMILES string of the molecule is CC(C)N(C)S(=O)(=O)NC(C)(C(=O)O)C1CC1. The number of rotatable bonds is 6. The van der Waals surface area contributed by atoms with Crippen molar-refractivity contribution < 1.29 is 18.3 Å². The molecular formula is C10H20N2O4S. The predicted octanol–water partition coefficient (Wildman–Crippen LogP) is 0.414. The van der Waals surface area contributed by atoms with Crippen LogP contribution in [-0.4, -0.2) is 42.4 Å². The minimum atomic E-state index is -3.76. The van der Waals surface area contributed by atoms with Gasteiger partial charge >= 0.3 is 5.97 Å². The van der Waals surface area contributed by atoms with Crippen LogP contribution in [0.1, 0.15) is 33.6 Å². The summed E-state index contributed by atoms with van der Waals surface area (Å²) in [6.45, 7) is 4.89. The highest BCUT2D eigenvalue weighted by Gasteiger charge is 2.50. The van der Waals surface area contributed by atoms with Crippen molar-refractivity contribution in [3.63, 3.8) is 0 Å². The van der Waals surface area contributed by atoms with Gasteiger partial charge in [0.2, 0.25) is 0 Å². The zero-order valence-electron chi connectivity index (χ0n) is 10.6. The number of nitrogens with zero attached hydrogens (tertiary/aromatic N) is 1. The Kier molecular flexibility index (Phi) is 3.85. The molecule has 0 amide bonds. The Balaban J connectivity index is 2.91. The fraction of sp³-hybridized carbons (Fsp3) is 0.900. The van der Waals surface area contributed by atoms with Gasteiger partial charge < -0.3 is 5.11 Å². The molecule has 6 nitrogen and oxygen atoms in total. The van der Waals surface area contributed by atoms with E-state index in [1.54, 1.807) is 13.8 Å². The predicted molar refractivity (Wildman–Crippen MR) is 63.7 cm³/mol. The monoisotopic (exact) mass is 264 g/mol. The summed E-state index contributed by atoms with van der Waals surface area (Å²) in [6.07, 6.45) is 1.49. The van der Waals surface area contributed by atoms with Gasteiger partial charge in [-0.25, -0.2) is 0 Å². The van der Waals surface area contributed by atoms with E-state index in [2.05, 4.69) is 4.72 Å². The van der Waals surface area contributed by atoms with Crippen molar-refractivity contribution in [2.45, 2.75) is 45.2 Å². The molecule has 0 aromatic carbocycles. The number of carbonyl (C=O) groups is 1. The number of hydrogen-bond acceptors (Lipinski definition) is 3. The number of nitrogens with one attached hydrogen (secondary N) is 1. The Hall–Kier alpha value is -0.660. The van der Waals surface area contributed by atoms with Crippen LogP contribution in [0.5, 0.6) is 0 Å². The molecule has 0 heterocycles. The number of aliphatic carboxylic acids is 1. The number of carboxylic acid groups (broad SMARTS) is 1. The van der Waals surface area contributed by atoms with Crippen LogP contribution < -0.4 is 4.72 Å². The summed E-state index contributed by atoms with van der Waals surface area (Å²) in [5.41, 5.74) is -1.40. The Labute approximate surface area is 102 Å². The first-order chi connectivity index (χ1) is 7.61. The average molecular weight is 264 g/mol. The molecule has 1 unspecified atom stereocenters. The highest BCUT2D eigenvalue weighted by molar-refractivity contribution is 7.87. The molecule has 0 bridgehead atoms. The van der Waals surface area contributed by atoms with E-state index in [0.29, 0.717) is 0 Å². The van der Waals surface area contributed by atoms with Gasteiger partial charge in [-0.1, -0.05) is 0 Å². The van der Waals surface area contributed by atoms with Crippen molar-refractivity contribution in [1.29, 1.82) is 0 Å². The van der Waals surface area contributed by atoms with Gasteiger partial charge in [0.25, 0.3) is 10.2 Å². The summed E-state index contributed by atoms with van der Waals surface area (Å²) < 4.78 is 27.4. The highest BCUT2D eigenvalue weighted by Crippen LogP contribution is 2.40. The van der Waals surface area contributed by atoms with Gasteiger partial charge in [0.05, 0.1) is 0 Å². The zero-order chi connectivity index (χ0) is 13.4. The lowest BCUT2D eigenvalue weighted by atomic mass is 9.98. The first kappa shape index (κ1) is 14.4. The first-order valence-electron chi connectivity index (χ1n) is 5.61. The summed E-state index contributed by atoms with van der Waals surface area (Å²) in [7, 11) is -2.33. The quantitative estimate of drug-likeness (QED) is 0.727. The molecule has 0 spiro atoms. The van der Waals surface area contributed by atoms with Crippen LogP contribution in [0.15, 0.2) is 0 Å². The minimum absolute atomic E-state index is 0.115. The second kappa shape index (κ2) is 4.55. The van der Waals surface area contributed by atoms with E-state index in [-0.39, 0.29) is 12.0 Å². The molecule has 1 aliphatic carbocycles. The Morgan fingerprint density at radius 1 is 1.47 bits per heavy atom. The fourth-order valence-electron chi connectivity index (χ4n) is 1.58. The molecule has 1 rings (SSSR count). The minimum Gasteiger partial charge on any atom is -0.480 e. The fourth-order valence-corrected chi connectivity index (χ4v) is 3.07. The second-order valence-corrected chi connectivity index (χ2v) is 6.73. The first-order valence-corrected chi connectivity index (χ1v) is 7.05. The van der Waals surface area contributed by atoms with Gasteiger partial charge in [-0.05, 0) is 39.5 Å². The van der Waals surface area contributed by atoms with E-state index in [4.69, 9.17) is 0 Å². The van der Waals surface area contributed by atoms with Gasteiger partial charge in [0.15, 0.2) is 0 Å². The third-order valence-electron chi connectivity index (χ3n) is 3.29. The smallest absolute Gasteiger partial charge is 0.324 e. The van der Waals surface area contributed by atoms with Crippen molar-refractivity contribution in [3.05, 3.63) is 0 Å². The van der Waals surface area contributed by atoms with Crippen molar-refractivity contribution in [3.8, 4) is 0 Å². The molecule has 0 aromatic rings. The van der Waals surface area contributed by atoms with Crippen LogP contribution >= 0.6 is 0 Å². The number of carboxylic acids is 1. The largest absolute Gasteiger partial charge is 0.480 e. The Bertz CT molecular complexity index is 403. The molecule has 1 aliphatic rings.